The monoisotopic (exact) mass is 888 g/mol. The fourth-order valence-electron chi connectivity index (χ4n) is 8.54. The van der Waals surface area contributed by atoms with Gasteiger partial charge < -0.3 is 4.90 Å². The highest BCUT2D eigenvalue weighted by molar-refractivity contribution is 6.36. The van der Waals surface area contributed by atoms with Crippen LogP contribution >= 0.6 is 11.6 Å². The number of aromatic nitrogens is 1. The highest BCUT2D eigenvalue weighted by Crippen LogP contribution is 2.50. The van der Waals surface area contributed by atoms with E-state index in [1.54, 1.807) is 0 Å². The first-order chi connectivity index (χ1) is 31.2. The zero-order valence-corrected chi connectivity index (χ0v) is 41.7. The molecule has 5 heteroatoms. The maximum Gasteiger partial charge on any atom is 0.140 e. The third kappa shape index (κ3) is 9.62. The van der Waals surface area contributed by atoms with Gasteiger partial charge >= 0.3 is 0 Å². The number of fused-ring (bicyclic) bond motifs is 1. The highest BCUT2D eigenvalue weighted by Gasteiger charge is 2.29. The van der Waals surface area contributed by atoms with Crippen molar-refractivity contribution in [3.63, 3.8) is 0 Å². The smallest absolute Gasteiger partial charge is 0.140 e. The number of halogens is 1. The minimum absolute atomic E-state index is 0.00543. The van der Waals surface area contributed by atoms with Crippen LogP contribution < -0.4 is 14.7 Å². The van der Waals surface area contributed by atoms with Gasteiger partial charge in [0.15, 0.2) is 0 Å². The Hall–Kier alpha value is -6.36. The van der Waals surface area contributed by atoms with Gasteiger partial charge in [0, 0.05) is 28.1 Å². The van der Waals surface area contributed by atoms with Gasteiger partial charge in [0.1, 0.15) is 11.6 Å². The maximum absolute atomic E-state index is 8.02. The minimum atomic E-state index is -0.228. The van der Waals surface area contributed by atoms with Crippen LogP contribution in [0.2, 0.25) is 5.02 Å². The van der Waals surface area contributed by atoms with Gasteiger partial charge in [0.25, 0.3) is 0 Å². The first kappa shape index (κ1) is 46.2. The van der Waals surface area contributed by atoms with Crippen LogP contribution in [0, 0.1) is 0 Å². The molecule has 8 aromatic rings. The van der Waals surface area contributed by atoms with Crippen LogP contribution in [-0.4, -0.2) is 4.98 Å². The van der Waals surface area contributed by atoms with E-state index < -0.39 is 0 Å². The molecule has 0 amide bonds. The lowest BCUT2D eigenvalue weighted by Gasteiger charge is -2.34. The van der Waals surface area contributed by atoms with E-state index in [2.05, 4.69) is 274 Å². The van der Waals surface area contributed by atoms with Gasteiger partial charge in [-0.25, -0.2) is 4.98 Å². The van der Waals surface area contributed by atoms with E-state index in [1.165, 1.54) is 16.7 Å². The Morgan fingerprint density at radius 1 is 0.333 bits per heavy atom. The van der Waals surface area contributed by atoms with Gasteiger partial charge in [-0.15, -0.1) is 0 Å². The van der Waals surface area contributed by atoms with Crippen LogP contribution in [0.4, 0.5) is 51.4 Å². The van der Waals surface area contributed by atoms with Crippen LogP contribution in [0.3, 0.4) is 0 Å². The Morgan fingerprint density at radius 3 is 1.17 bits per heavy atom. The van der Waals surface area contributed by atoms with E-state index in [9.17, 15) is 0 Å². The number of hydrogen-bond donors (Lipinski definition) is 0. The molecular weight excluding hydrogens is 824 g/mol. The van der Waals surface area contributed by atoms with Crippen molar-refractivity contribution in [3.05, 3.63) is 203 Å². The SMILES string of the molecule is CC(C)(C)c1ccc(N(c2ccc(C(C)(C)C)cc2)c2cc(C(C)(C)C)cc(N(c3ccccc3)c3cccc(N(c4ccc(C(C)(C)C)cc4)c4cccc5ccccc45)n3)c2Cl)cc1. The molecule has 1 heterocycles. The number of hydrogen-bond acceptors (Lipinski definition) is 4. The second-order valence-electron chi connectivity index (χ2n) is 21.7. The van der Waals surface area contributed by atoms with E-state index in [0.29, 0.717) is 5.02 Å². The Morgan fingerprint density at radius 2 is 0.697 bits per heavy atom. The lowest BCUT2D eigenvalue weighted by molar-refractivity contribution is 0.589. The van der Waals surface area contributed by atoms with Crippen LogP contribution in [0.5, 0.6) is 0 Å². The zero-order chi connectivity index (χ0) is 47.2. The van der Waals surface area contributed by atoms with Crippen molar-refractivity contribution in [3.8, 4) is 0 Å². The van der Waals surface area contributed by atoms with E-state index >= 15 is 0 Å². The van der Waals surface area contributed by atoms with E-state index in [4.69, 9.17) is 16.6 Å². The number of nitrogens with zero attached hydrogens (tertiary/aromatic N) is 4. The Labute approximate surface area is 399 Å². The topological polar surface area (TPSA) is 22.6 Å². The van der Waals surface area contributed by atoms with E-state index in [-0.39, 0.29) is 21.7 Å². The summed E-state index contributed by atoms with van der Waals surface area (Å²) in [6.07, 6.45) is 0. The first-order valence-corrected chi connectivity index (χ1v) is 23.6. The lowest BCUT2D eigenvalue weighted by atomic mass is 9.85. The second-order valence-corrected chi connectivity index (χ2v) is 22.0. The molecule has 1 aromatic heterocycles. The van der Waals surface area contributed by atoms with Crippen molar-refractivity contribution in [2.24, 2.45) is 0 Å². The third-order valence-corrected chi connectivity index (χ3v) is 12.9. The fourth-order valence-corrected chi connectivity index (χ4v) is 8.82. The molecule has 0 aliphatic rings. The third-order valence-electron chi connectivity index (χ3n) is 12.6. The van der Waals surface area contributed by atoms with Crippen LogP contribution in [0.25, 0.3) is 10.8 Å². The molecule has 8 rings (SSSR count). The predicted octanol–water partition coefficient (Wildman–Crippen LogP) is 18.5. The highest BCUT2D eigenvalue weighted by atomic mass is 35.5. The average molecular weight is 890 g/mol. The summed E-state index contributed by atoms with van der Waals surface area (Å²) >= 11 is 8.02. The molecule has 0 aliphatic heterocycles. The van der Waals surface area contributed by atoms with Crippen LogP contribution in [0.1, 0.15) is 105 Å². The summed E-state index contributed by atoms with van der Waals surface area (Å²) in [6, 6.07) is 63.2. The largest absolute Gasteiger partial charge is 0.309 e. The molecule has 4 nitrogen and oxygen atoms in total. The van der Waals surface area contributed by atoms with Crippen molar-refractivity contribution in [1.82, 2.24) is 4.98 Å². The van der Waals surface area contributed by atoms with Gasteiger partial charge in [-0.1, -0.05) is 192 Å². The van der Waals surface area contributed by atoms with Gasteiger partial charge in [-0.3, -0.25) is 9.80 Å². The molecule has 0 saturated carbocycles. The average Bonchev–Trinajstić information content (AvgIpc) is 3.28. The summed E-state index contributed by atoms with van der Waals surface area (Å²) in [5, 5.41) is 2.92. The zero-order valence-electron chi connectivity index (χ0n) is 40.9. The lowest BCUT2D eigenvalue weighted by Crippen LogP contribution is -2.20. The maximum atomic E-state index is 8.02. The summed E-state index contributed by atoms with van der Waals surface area (Å²) in [5.41, 5.74) is 11.6. The Kier molecular flexibility index (Phi) is 12.4. The molecule has 0 atom stereocenters. The number of benzene rings is 7. The van der Waals surface area contributed by atoms with Gasteiger partial charge in [-0.05, 0) is 128 Å². The number of pyridine rings is 1. The van der Waals surface area contributed by atoms with Crippen molar-refractivity contribution in [1.29, 1.82) is 0 Å². The normalized spacial score (nSPS) is 12.3. The summed E-state index contributed by atoms with van der Waals surface area (Å²) in [5.74, 6) is 1.53. The molecule has 0 radical (unpaired) electrons. The Bertz CT molecular complexity index is 2880. The number of anilines is 9. The molecule has 0 aliphatic carbocycles. The summed E-state index contributed by atoms with van der Waals surface area (Å²) < 4.78 is 0. The second kappa shape index (κ2) is 17.8. The van der Waals surface area contributed by atoms with E-state index in [1.807, 2.05) is 0 Å². The Balaban J connectivity index is 1.37. The summed E-state index contributed by atoms with van der Waals surface area (Å²) in [4.78, 5) is 12.4. The first-order valence-electron chi connectivity index (χ1n) is 23.2. The van der Waals surface area contributed by atoms with Crippen molar-refractivity contribution < 1.29 is 0 Å². The molecule has 0 bridgehead atoms. The molecule has 0 fully saturated rings. The van der Waals surface area contributed by atoms with Gasteiger partial charge in [0.2, 0.25) is 0 Å². The molecule has 0 N–H and O–H groups in total. The minimum Gasteiger partial charge on any atom is -0.309 e. The number of rotatable bonds is 9. The standard InChI is InChI=1S/C61H65ClN4/c1-58(2,3)43-28-34-48(35-29-43)64(49-36-30-44(31-37-49)59(4,5)6)53-40-46(61(10,11)12)41-54(57(53)62)66(47-22-14-13-15-23-47)56-27-19-26-55(63-56)65(50-38-32-45(33-39-50)60(7,8)9)52-25-18-21-42-20-16-17-24-51(42)52/h13-41H,1-12H3. The number of para-hydroxylation sites is 1. The van der Waals surface area contributed by atoms with Gasteiger partial charge in [-0.2, -0.15) is 0 Å². The van der Waals surface area contributed by atoms with Crippen LogP contribution in [-0.2, 0) is 21.7 Å². The summed E-state index contributed by atoms with van der Waals surface area (Å²) in [7, 11) is 0. The van der Waals surface area contributed by atoms with E-state index in [0.717, 1.165) is 67.8 Å². The molecule has 66 heavy (non-hydrogen) atoms. The van der Waals surface area contributed by atoms with Crippen molar-refractivity contribution in [2.75, 3.05) is 14.7 Å². The van der Waals surface area contributed by atoms with Gasteiger partial charge in [0.05, 0.1) is 22.1 Å². The summed E-state index contributed by atoms with van der Waals surface area (Å²) in [6.45, 7) is 27.1. The molecule has 0 unspecified atom stereocenters. The predicted molar refractivity (Wildman–Crippen MR) is 286 cm³/mol. The van der Waals surface area contributed by atoms with Crippen molar-refractivity contribution in [2.45, 2.75) is 105 Å². The fraction of sp³-hybridized carbons (Fsp3) is 0.262. The van der Waals surface area contributed by atoms with Crippen molar-refractivity contribution >= 4 is 73.8 Å². The molecule has 336 valence electrons. The molecular formula is C61H65ClN4. The molecule has 0 saturated heterocycles. The van der Waals surface area contributed by atoms with Crippen LogP contribution in [0.15, 0.2) is 176 Å². The molecule has 0 spiro atoms. The molecule has 7 aromatic carbocycles. The quantitative estimate of drug-likeness (QED) is 0.144.